The fraction of sp³-hybridized carbons (Fsp3) is 0.500. The lowest BCUT2D eigenvalue weighted by atomic mass is 10.3. The number of nitrogens with one attached hydrogen (secondary N) is 1. The number of aliphatic carboxylic acids is 1. The molecule has 17 heavy (non-hydrogen) atoms. The summed E-state index contributed by atoms with van der Waals surface area (Å²) in [6.07, 6.45) is 2.33. The first-order chi connectivity index (χ1) is 8.06. The van der Waals surface area contributed by atoms with E-state index < -0.39 is 12.0 Å². The van der Waals surface area contributed by atoms with Crippen molar-refractivity contribution in [1.29, 1.82) is 0 Å². The van der Waals surface area contributed by atoms with Crippen molar-refractivity contribution in [1.82, 2.24) is 9.88 Å². The zero-order chi connectivity index (χ0) is 12.4. The Morgan fingerprint density at radius 1 is 1.65 bits per heavy atom. The molecule has 1 aromatic heterocycles. The molecule has 0 bridgehead atoms. The minimum Gasteiger partial charge on any atom is -0.480 e. The molecule has 0 aromatic carbocycles. The number of carboxylic acids is 1. The van der Waals surface area contributed by atoms with Crippen molar-refractivity contribution in [3.8, 4) is 0 Å². The van der Waals surface area contributed by atoms with Gasteiger partial charge in [-0.1, -0.05) is 0 Å². The number of nitrogens with zero attached hydrogens (tertiary/aromatic N) is 2. The summed E-state index contributed by atoms with van der Waals surface area (Å²) in [6, 6.07) is -0.455. The number of anilines is 1. The van der Waals surface area contributed by atoms with Crippen LogP contribution in [0.4, 0.5) is 9.93 Å². The molecule has 1 fully saturated rings. The third-order valence-corrected chi connectivity index (χ3v) is 3.23. The lowest BCUT2D eigenvalue weighted by Gasteiger charge is -2.13. The Kier molecular flexibility index (Phi) is 3.28. The van der Waals surface area contributed by atoms with Gasteiger partial charge < -0.3 is 10.0 Å². The summed E-state index contributed by atoms with van der Waals surface area (Å²) in [5.41, 5.74) is 1.02. The third kappa shape index (κ3) is 3.16. The molecule has 0 unspecified atom stereocenters. The Morgan fingerprint density at radius 2 is 2.35 bits per heavy atom. The number of amides is 2. The van der Waals surface area contributed by atoms with Gasteiger partial charge in [-0.2, -0.15) is 0 Å². The number of urea groups is 1. The highest BCUT2D eigenvalue weighted by molar-refractivity contribution is 7.13. The predicted molar refractivity (Wildman–Crippen MR) is 63.4 cm³/mol. The minimum absolute atomic E-state index is 0.327. The van der Waals surface area contributed by atoms with E-state index in [1.165, 1.54) is 18.4 Å². The van der Waals surface area contributed by atoms with Crippen LogP contribution in [0.15, 0.2) is 5.38 Å². The van der Waals surface area contributed by atoms with Gasteiger partial charge in [0.05, 0.1) is 5.69 Å². The summed E-state index contributed by atoms with van der Waals surface area (Å²) in [5, 5.41) is 13.6. The summed E-state index contributed by atoms with van der Waals surface area (Å²) in [5.74, 6) is -0.492. The molecule has 2 rings (SSSR count). The van der Waals surface area contributed by atoms with Gasteiger partial charge in [-0.25, -0.2) is 9.78 Å². The van der Waals surface area contributed by atoms with Gasteiger partial charge in [-0.15, -0.1) is 11.3 Å². The Labute approximate surface area is 102 Å². The maximum Gasteiger partial charge on any atom is 0.323 e. The molecule has 2 N–H and O–H groups in total. The van der Waals surface area contributed by atoms with Gasteiger partial charge in [0.25, 0.3) is 0 Å². The number of carboxylic acid groups (broad SMARTS) is 1. The molecule has 0 spiro atoms. The fourth-order valence-corrected chi connectivity index (χ4v) is 2.15. The number of hydrogen-bond acceptors (Lipinski definition) is 4. The molecule has 0 saturated heterocycles. The Hall–Kier alpha value is -1.63. The van der Waals surface area contributed by atoms with Gasteiger partial charge in [-0.3, -0.25) is 10.1 Å². The minimum atomic E-state index is -1.04. The maximum atomic E-state index is 11.6. The molecular formula is C10H13N3O3S. The average Bonchev–Trinajstić information content (AvgIpc) is 2.99. The first kappa shape index (κ1) is 11.8. The van der Waals surface area contributed by atoms with Gasteiger partial charge in [0.1, 0.15) is 6.54 Å². The maximum absolute atomic E-state index is 11.6. The van der Waals surface area contributed by atoms with Gasteiger partial charge in [-0.05, 0) is 12.8 Å². The second kappa shape index (κ2) is 4.70. The third-order valence-electron chi connectivity index (χ3n) is 2.45. The quantitative estimate of drug-likeness (QED) is 0.855. The monoisotopic (exact) mass is 255 g/mol. The number of thiazole rings is 1. The van der Waals surface area contributed by atoms with E-state index in [0.29, 0.717) is 11.0 Å². The summed E-state index contributed by atoms with van der Waals surface area (Å²) < 4.78 is 0. The highest BCUT2D eigenvalue weighted by Crippen LogP contribution is 2.40. The lowest BCUT2D eigenvalue weighted by Crippen LogP contribution is -2.35. The smallest absolute Gasteiger partial charge is 0.323 e. The molecule has 0 atom stereocenters. The normalized spacial score (nSPS) is 14.4. The van der Waals surface area contributed by atoms with Crippen molar-refractivity contribution in [3.05, 3.63) is 11.1 Å². The van der Waals surface area contributed by atoms with Gasteiger partial charge in [0.2, 0.25) is 0 Å². The van der Waals surface area contributed by atoms with Gasteiger partial charge >= 0.3 is 12.0 Å². The van der Waals surface area contributed by atoms with E-state index in [0.717, 1.165) is 23.4 Å². The first-order valence-electron chi connectivity index (χ1n) is 5.25. The average molecular weight is 255 g/mol. The van der Waals surface area contributed by atoms with Crippen molar-refractivity contribution in [2.24, 2.45) is 0 Å². The van der Waals surface area contributed by atoms with Crippen LogP contribution >= 0.6 is 11.3 Å². The standard InChI is InChI=1S/C10H13N3O3S/c1-13(4-8(14)15)10(16)12-9-11-7(5-17-9)6-2-3-6/h5-6H,2-4H2,1H3,(H,14,15)(H,11,12,16). The number of carbonyl (C=O) groups is 2. The van der Waals surface area contributed by atoms with Crippen LogP contribution in [-0.4, -0.2) is 40.6 Å². The second-order valence-corrected chi connectivity index (χ2v) is 4.89. The van der Waals surface area contributed by atoms with Crippen LogP contribution in [0.3, 0.4) is 0 Å². The van der Waals surface area contributed by atoms with E-state index in [9.17, 15) is 9.59 Å². The number of hydrogen-bond donors (Lipinski definition) is 2. The second-order valence-electron chi connectivity index (χ2n) is 4.03. The van der Waals surface area contributed by atoms with Crippen LogP contribution in [-0.2, 0) is 4.79 Å². The predicted octanol–water partition coefficient (Wildman–Crippen LogP) is 1.57. The molecule has 1 aromatic rings. The largest absolute Gasteiger partial charge is 0.480 e. The molecule has 1 aliphatic carbocycles. The summed E-state index contributed by atoms with van der Waals surface area (Å²) in [4.78, 5) is 27.4. The Bertz CT molecular complexity index is 442. The SMILES string of the molecule is CN(CC(=O)O)C(=O)Nc1nc(C2CC2)cs1. The lowest BCUT2D eigenvalue weighted by molar-refractivity contribution is -0.137. The summed E-state index contributed by atoms with van der Waals surface area (Å²) >= 11 is 1.37. The van der Waals surface area contributed by atoms with E-state index in [4.69, 9.17) is 5.11 Å². The van der Waals surface area contributed by atoms with E-state index >= 15 is 0 Å². The molecule has 92 valence electrons. The summed E-state index contributed by atoms with van der Waals surface area (Å²) in [7, 11) is 1.43. The topological polar surface area (TPSA) is 82.5 Å². The van der Waals surface area contributed by atoms with Crippen molar-refractivity contribution >= 4 is 28.5 Å². The van der Waals surface area contributed by atoms with Crippen LogP contribution in [0.2, 0.25) is 0 Å². The van der Waals surface area contributed by atoms with Crippen molar-refractivity contribution in [3.63, 3.8) is 0 Å². The highest BCUT2D eigenvalue weighted by atomic mass is 32.1. The molecule has 0 aliphatic heterocycles. The van der Waals surface area contributed by atoms with Crippen molar-refractivity contribution in [2.45, 2.75) is 18.8 Å². The van der Waals surface area contributed by atoms with E-state index in [-0.39, 0.29) is 6.54 Å². The Balaban J connectivity index is 1.90. The van der Waals surface area contributed by atoms with Crippen LogP contribution in [0.25, 0.3) is 0 Å². The van der Waals surface area contributed by atoms with Crippen molar-refractivity contribution in [2.75, 3.05) is 18.9 Å². The number of aromatic nitrogens is 1. The number of carbonyl (C=O) groups excluding carboxylic acids is 1. The van der Waals surface area contributed by atoms with Crippen molar-refractivity contribution < 1.29 is 14.7 Å². The molecule has 6 nitrogen and oxygen atoms in total. The molecule has 2 amide bonds. The molecule has 7 heteroatoms. The van der Waals surface area contributed by atoms with Gasteiger partial charge in [0.15, 0.2) is 5.13 Å². The van der Waals surface area contributed by atoms with Crippen LogP contribution in [0.1, 0.15) is 24.5 Å². The van der Waals surface area contributed by atoms with Crippen LogP contribution < -0.4 is 5.32 Å². The van der Waals surface area contributed by atoms with Crippen LogP contribution in [0.5, 0.6) is 0 Å². The first-order valence-corrected chi connectivity index (χ1v) is 6.13. The highest BCUT2D eigenvalue weighted by Gasteiger charge is 2.26. The summed E-state index contributed by atoms with van der Waals surface area (Å²) in [6.45, 7) is -0.327. The molecule has 0 radical (unpaired) electrons. The molecule has 1 saturated carbocycles. The van der Waals surface area contributed by atoms with Gasteiger partial charge in [0, 0.05) is 18.3 Å². The zero-order valence-corrected chi connectivity index (χ0v) is 10.2. The zero-order valence-electron chi connectivity index (χ0n) is 9.34. The molecular weight excluding hydrogens is 242 g/mol. The number of rotatable bonds is 4. The van der Waals surface area contributed by atoms with E-state index in [1.54, 1.807) is 0 Å². The van der Waals surface area contributed by atoms with E-state index in [2.05, 4.69) is 10.3 Å². The molecule has 1 aliphatic rings. The van der Waals surface area contributed by atoms with E-state index in [1.807, 2.05) is 5.38 Å². The fourth-order valence-electron chi connectivity index (χ4n) is 1.37. The number of likely N-dealkylation sites (N-methyl/N-ethyl adjacent to an activating group) is 1. The van der Waals surface area contributed by atoms with Crippen LogP contribution in [0, 0.1) is 0 Å². The Morgan fingerprint density at radius 3 is 2.94 bits per heavy atom. The molecule has 1 heterocycles.